The van der Waals surface area contributed by atoms with Gasteiger partial charge in [0.2, 0.25) is 6.10 Å². The zero-order valence-electron chi connectivity index (χ0n) is 14.0. The van der Waals surface area contributed by atoms with Crippen LogP contribution in [0.5, 0.6) is 0 Å². The second kappa shape index (κ2) is 6.92. The zero-order valence-corrected chi connectivity index (χ0v) is 14.0. The average molecular weight is 347 g/mol. The molecule has 1 saturated carbocycles. The Morgan fingerprint density at radius 1 is 1.00 bits per heavy atom. The number of esters is 1. The van der Waals surface area contributed by atoms with E-state index in [1.54, 1.807) is 42.7 Å². The van der Waals surface area contributed by atoms with Crippen LogP contribution in [-0.4, -0.2) is 27.9 Å². The third-order valence-corrected chi connectivity index (χ3v) is 4.19. The average Bonchev–Trinajstić information content (AvgIpc) is 3.50. The van der Waals surface area contributed by atoms with Gasteiger partial charge in [0.25, 0.3) is 5.91 Å². The number of carbonyl (C=O) groups is 2. The zero-order chi connectivity index (χ0) is 17.9. The fourth-order valence-electron chi connectivity index (χ4n) is 2.67. The topological polar surface area (TPSA) is 81.2 Å². The second-order valence-electron chi connectivity index (χ2n) is 6.24. The van der Waals surface area contributed by atoms with E-state index < -0.39 is 12.1 Å². The number of benzene rings is 2. The largest absolute Gasteiger partial charge is 0.444 e. The SMILES string of the molecule is O=C(OC(C(=O)NC1CC1)c1ccccc1)c1ccc2nccnc2c1. The third-order valence-electron chi connectivity index (χ3n) is 4.19. The van der Waals surface area contributed by atoms with Crippen molar-refractivity contribution in [3.05, 3.63) is 72.1 Å². The molecule has 1 N–H and O–H groups in total. The fourth-order valence-corrected chi connectivity index (χ4v) is 2.67. The molecule has 1 aliphatic rings. The van der Waals surface area contributed by atoms with Crippen LogP contribution < -0.4 is 5.32 Å². The maximum atomic E-state index is 12.6. The standard InChI is InChI=1S/C20H17N3O3/c24-19(23-15-7-8-15)18(13-4-2-1-3-5-13)26-20(25)14-6-9-16-17(12-14)22-11-10-21-16/h1-6,9-12,15,18H,7-8H2,(H,23,24). The highest BCUT2D eigenvalue weighted by Gasteiger charge is 2.31. The van der Waals surface area contributed by atoms with Crippen LogP contribution in [0.3, 0.4) is 0 Å². The fraction of sp³-hybridized carbons (Fsp3) is 0.200. The Labute approximate surface area is 150 Å². The lowest BCUT2D eigenvalue weighted by molar-refractivity contribution is -0.130. The first kappa shape index (κ1) is 16.2. The Morgan fingerprint density at radius 3 is 2.46 bits per heavy atom. The molecule has 6 heteroatoms. The van der Waals surface area contributed by atoms with Crippen LogP contribution in [0, 0.1) is 0 Å². The molecule has 1 amide bonds. The monoisotopic (exact) mass is 347 g/mol. The van der Waals surface area contributed by atoms with E-state index in [2.05, 4.69) is 15.3 Å². The van der Waals surface area contributed by atoms with Gasteiger partial charge in [-0.1, -0.05) is 30.3 Å². The number of fused-ring (bicyclic) bond motifs is 1. The van der Waals surface area contributed by atoms with E-state index in [-0.39, 0.29) is 11.9 Å². The lowest BCUT2D eigenvalue weighted by Gasteiger charge is -2.18. The van der Waals surface area contributed by atoms with Gasteiger partial charge >= 0.3 is 5.97 Å². The molecular formula is C20H17N3O3. The van der Waals surface area contributed by atoms with Crippen molar-refractivity contribution >= 4 is 22.9 Å². The molecule has 1 heterocycles. The summed E-state index contributed by atoms with van der Waals surface area (Å²) in [4.78, 5) is 33.6. The molecular weight excluding hydrogens is 330 g/mol. The summed E-state index contributed by atoms with van der Waals surface area (Å²) in [6, 6.07) is 14.2. The summed E-state index contributed by atoms with van der Waals surface area (Å²) >= 11 is 0. The molecule has 2 aromatic carbocycles. The Kier molecular flexibility index (Phi) is 4.31. The van der Waals surface area contributed by atoms with Gasteiger partial charge in [0, 0.05) is 24.0 Å². The van der Waals surface area contributed by atoms with E-state index in [1.807, 2.05) is 18.2 Å². The van der Waals surface area contributed by atoms with Crippen molar-refractivity contribution in [1.82, 2.24) is 15.3 Å². The first-order chi connectivity index (χ1) is 12.7. The molecule has 0 radical (unpaired) electrons. The quantitative estimate of drug-likeness (QED) is 0.718. The molecule has 4 rings (SSSR count). The minimum Gasteiger partial charge on any atom is -0.444 e. The number of amides is 1. The van der Waals surface area contributed by atoms with Crippen molar-refractivity contribution in [3.8, 4) is 0 Å². The third kappa shape index (κ3) is 3.54. The molecule has 0 spiro atoms. The molecule has 26 heavy (non-hydrogen) atoms. The van der Waals surface area contributed by atoms with Crippen LogP contribution in [0.4, 0.5) is 0 Å². The minimum absolute atomic E-state index is 0.184. The highest BCUT2D eigenvalue weighted by molar-refractivity contribution is 5.95. The van der Waals surface area contributed by atoms with Gasteiger partial charge in [0.1, 0.15) is 0 Å². The van der Waals surface area contributed by atoms with Gasteiger partial charge < -0.3 is 10.1 Å². The molecule has 1 fully saturated rings. The summed E-state index contributed by atoms with van der Waals surface area (Å²) in [6.45, 7) is 0. The van der Waals surface area contributed by atoms with Gasteiger partial charge in [-0.05, 0) is 31.0 Å². The van der Waals surface area contributed by atoms with Crippen LogP contribution in [-0.2, 0) is 9.53 Å². The second-order valence-corrected chi connectivity index (χ2v) is 6.24. The summed E-state index contributed by atoms with van der Waals surface area (Å²) in [7, 11) is 0. The molecule has 0 aliphatic heterocycles. The van der Waals surface area contributed by atoms with Crippen LogP contribution in [0.25, 0.3) is 11.0 Å². The molecule has 1 atom stereocenters. The Morgan fingerprint density at radius 2 is 1.73 bits per heavy atom. The van der Waals surface area contributed by atoms with Crippen molar-refractivity contribution in [2.45, 2.75) is 25.0 Å². The molecule has 3 aromatic rings. The first-order valence-electron chi connectivity index (χ1n) is 8.48. The summed E-state index contributed by atoms with van der Waals surface area (Å²) in [5.74, 6) is -0.870. The van der Waals surface area contributed by atoms with Crippen LogP contribution in [0.1, 0.15) is 34.9 Å². The van der Waals surface area contributed by atoms with Crippen molar-refractivity contribution in [2.75, 3.05) is 0 Å². The van der Waals surface area contributed by atoms with Crippen molar-refractivity contribution in [1.29, 1.82) is 0 Å². The predicted octanol–water partition coefficient (Wildman–Crippen LogP) is 2.81. The van der Waals surface area contributed by atoms with Gasteiger partial charge in [0.15, 0.2) is 0 Å². The smallest absolute Gasteiger partial charge is 0.339 e. The van der Waals surface area contributed by atoms with Crippen molar-refractivity contribution in [2.24, 2.45) is 0 Å². The number of nitrogens with zero attached hydrogens (tertiary/aromatic N) is 2. The number of nitrogens with one attached hydrogen (secondary N) is 1. The van der Waals surface area contributed by atoms with E-state index in [0.717, 1.165) is 12.8 Å². The molecule has 1 unspecified atom stereocenters. The summed E-state index contributed by atoms with van der Waals surface area (Å²) in [5.41, 5.74) is 2.26. The Bertz CT molecular complexity index is 955. The molecule has 0 saturated heterocycles. The van der Waals surface area contributed by atoms with Gasteiger partial charge in [-0.3, -0.25) is 14.8 Å². The van der Waals surface area contributed by atoms with E-state index >= 15 is 0 Å². The van der Waals surface area contributed by atoms with Gasteiger partial charge in [-0.2, -0.15) is 0 Å². The summed E-state index contributed by atoms with van der Waals surface area (Å²) < 4.78 is 5.56. The number of hydrogen-bond donors (Lipinski definition) is 1. The Hall–Kier alpha value is -3.28. The summed E-state index contributed by atoms with van der Waals surface area (Å²) in [5, 5.41) is 2.90. The van der Waals surface area contributed by atoms with Crippen molar-refractivity contribution in [3.63, 3.8) is 0 Å². The highest BCUT2D eigenvalue weighted by atomic mass is 16.5. The van der Waals surface area contributed by atoms with Crippen LogP contribution in [0.2, 0.25) is 0 Å². The van der Waals surface area contributed by atoms with Gasteiger partial charge in [-0.25, -0.2) is 4.79 Å². The molecule has 1 aliphatic carbocycles. The number of hydrogen-bond acceptors (Lipinski definition) is 5. The number of aromatic nitrogens is 2. The maximum Gasteiger partial charge on any atom is 0.339 e. The molecule has 6 nitrogen and oxygen atoms in total. The first-order valence-corrected chi connectivity index (χ1v) is 8.48. The predicted molar refractivity (Wildman–Crippen MR) is 95.3 cm³/mol. The Balaban J connectivity index is 1.59. The maximum absolute atomic E-state index is 12.6. The molecule has 130 valence electrons. The van der Waals surface area contributed by atoms with Gasteiger partial charge in [0.05, 0.1) is 16.6 Å². The number of rotatable bonds is 5. The number of ether oxygens (including phenoxy) is 1. The minimum atomic E-state index is -0.984. The lowest BCUT2D eigenvalue weighted by Crippen LogP contribution is -2.33. The highest BCUT2D eigenvalue weighted by Crippen LogP contribution is 2.24. The lowest BCUT2D eigenvalue weighted by atomic mass is 10.1. The molecule has 1 aromatic heterocycles. The van der Waals surface area contributed by atoms with E-state index in [0.29, 0.717) is 22.2 Å². The van der Waals surface area contributed by atoms with E-state index in [1.165, 1.54) is 0 Å². The van der Waals surface area contributed by atoms with Gasteiger partial charge in [-0.15, -0.1) is 0 Å². The van der Waals surface area contributed by atoms with Crippen LogP contribution in [0.15, 0.2) is 60.9 Å². The number of carbonyl (C=O) groups excluding carboxylic acids is 2. The normalized spacial score (nSPS) is 14.6. The summed E-state index contributed by atoms with van der Waals surface area (Å²) in [6.07, 6.45) is 4.10. The molecule has 0 bridgehead atoms. The van der Waals surface area contributed by atoms with E-state index in [9.17, 15) is 9.59 Å². The van der Waals surface area contributed by atoms with Crippen LogP contribution >= 0.6 is 0 Å². The van der Waals surface area contributed by atoms with Crippen molar-refractivity contribution < 1.29 is 14.3 Å². The van der Waals surface area contributed by atoms with E-state index in [4.69, 9.17) is 4.74 Å².